The minimum Gasteiger partial charge on any atom is -0.493 e. The topological polar surface area (TPSA) is 61.5 Å². The van der Waals surface area contributed by atoms with E-state index in [0.717, 1.165) is 10.4 Å². The van der Waals surface area contributed by atoms with Crippen molar-refractivity contribution in [3.05, 3.63) is 45.6 Å². The maximum Gasteiger partial charge on any atom is 0.168 e. The average Bonchev–Trinajstić information content (AvgIpc) is 2.95. The van der Waals surface area contributed by atoms with Crippen LogP contribution in [0.25, 0.3) is 0 Å². The molecule has 0 aliphatic carbocycles. The van der Waals surface area contributed by atoms with E-state index in [4.69, 9.17) is 15.2 Å². The molecule has 0 atom stereocenters. The largest absolute Gasteiger partial charge is 0.493 e. The Balaban J connectivity index is 2.20. The number of Topliss-reactive ketones (excluding diaryl/α,β-unsaturated/α-hetero) is 1. The van der Waals surface area contributed by atoms with Crippen LogP contribution in [0, 0.1) is 0 Å². The van der Waals surface area contributed by atoms with Crippen LogP contribution in [0.15, 0.2) is 29.6 Å². The van der Waals surface area contributed by atoms with Crippen LogP contribution in [-0.4, -0.2) is 20.0 Å². The fraction of sp³-hybridized carbons (Fsp3) is 0.267. The van der Waals surface area contributed by atoms with Crippen molar-refractivity contribution in [2.45, 2.75) is 13.0 Å². The van der Waals surface area contributed by atoms with Crippen LogP contribution >= 0.6 is 11.3 Å². The molecule has 0 aliphatic heterocycles. The highest BCUT2D eigenvalue weighted by Gasteiger charge is 2.14. The third-order valence-electron chi connectivity index (χ3n) is 3.04. The van der Waals surface area contributed by atoms with Crippen molar-refractivity contribution in [2.75, 3.05) is 14.2 Å². The highest BCUT2D eigenvalue weighted by molar-refractivity contribution is 7.10. The van der Waals surface area contributed by atoms with Crippen molar-refractivity contribution in [2.24, 2.45) is 5.73 Å². The van der Waals surface area contributed by atoms with Gasteiger partial charge in [0.1, 0.15) is 0 Å². The van der Waals surface area contributed by atoms with Gasteiger partial charge < -0.3 is 15.2 Å². The molecule has 0 amide bonds. The van der Waals surface area contributed by atoms with E-state index < -0.39 is 0 Å². The first-order valence-corrected chi connectivity index (χ1v) is 7.08. The van der Waals surface area contributed by atoms with E-state index in [0.29, 0.717) is 30.0 Å². The number of ketones is 1. The van der Waals surface area contributed by atoms with Crippen LogP contribution < -0.4 is 15.2 Å². The zero-order valence-electron chi connectivity index (χ0n) is 11.5. The standard InChI is InChI=1S/C15H17NO3S/c1-18-13-4-3-10(8-14(13)19-2)7-12(17)11-5-6-20-15(11)9-16/h3-6,8H,7,9,16H2,1-2H3. The molecule has 5 heteroatoms. The summed E-state index contributed by atoms with van der Waals surface area (Å²) in [6.45, 7) is 0.394. The van der Waals surface area contributed by atoms with Gasteiger partial charge in [-0.05, 0) is 29.1 Å². The summed E-state index contributed by atoms with van der Waals surface area (Å²) in [6.07, 6.45) is 0.323. The van der Waals surface area contributed by atoms with Gasteiger partial charge in [0.25, 0.3) is 0 Å². The monoisotopic (exact) mass is 291 g/mol. The van der Waals surface area contributed by atoms with Gasteiger partial charge in [-0.2, -0.15) is 0 Å². The molecule has 0 aliphatic rings. The lowest BCUT2D eigenvalue weighted by Gasteiger charge is -2.09. The number of hydrogen-bond donors (Lipinski definition) is 1. The van der Waals surface area contributed by atoms with Crippen LogP contribution in [0.4, 0.5) is 0 Å². The van der Waals surface area contributed by atoms with Gasteiger partial charge in [0.15, 0.2) is 17.3 Å². The quantitative estimate of drug-likeness (QED) is 0.831. The van der Waals surface area contributed by atoms with Crippen molar-refractivity contribution < 1.29 is 14.3 Å². The zero-order valence-corrected chi connectivity index (χ0v) is 12.3. The number of rotatable bonds is 6. The van der Waals surface area contributed by atoms with Crippen LogP contribution in [0.1, 0.15) is 20.8 Å². The second-order valence-corrected chi connectivity index (χ2v) is 5.25. The third-order valence-corrected chi connectivity index (χ3v) is 3.99. The maximum atomic E-state index is 12.3. The Morgan fingerprint density at radius 1 is 1.20 bits per heavy atom. The number of methoxy groups -OCH3 is 2. The summed E-state index contributed by atoms with van der Waals surface area (Å²) >= 11 is 1.51. The molecule has 20 heavy (non-hydrogen) atoms. The molecule has 0 spiro atoms. The number of ether oxygens (including phenoxy) is 2. The number of hydrogen-bond acceptors (Lipinski definition) is 5. The van der Waals surface area contributed by atoms with Crippen LogP contribution in [-0.2, 0) is 13.0 Å². The SMILES string of the molecule is COc1ccc(CC(=O)c2ccsc2CN)cc1OC. The molecule has 2 N–H and O–H groups in total. The summed E-state index contributed by atoms with van der Waals surface area (Å²) in [5.74, 6) is 1.35. The summed E-state index contributed by atoms with van der Waals surface area (Å²) in [7, 11) is 3.16. The molecule has 106 valence electrons. The van der Waals surface area contributed by atoms with Gasteiger partial charge in [-0.1, -0.05) is 6.07 Å². The van der Waals surface area contributed by atoms with Gasteiger partial charge >= 0.3 is 0 Å². The van der Waals surface area contributed by atoms with E-state index in [-0.39, 0.29) is 5.78 Å². The normalized spacial score (nSPS) is 10.3. The number of thiophene rings is 1. The van der Waals surface area contributed by atoms with Crippen LogP contribution in [0.3, 0.4) is 0 Å². The predicted molar refractivity (Wildman–Crippen MR) is 79.8 cm³/mol. The van der Waals surface area contributed by atoms with Crippen molar-refractivity contribution >= 4 is 17.1 Å². The lowest BCUT2D eigenvalue weighted by Crippen LogP contribution is -2.07. The maximum absolute atomic E-state index is 12.3. The van der Waals surface area contributed by atoms with E-state index >= 15 is 0 Å². The second kappa shape index (κ2) is 6.54. The van der Waals surface area contributed by atoms with Gasteiger partial charge in [-0.15, -0.1) is 11.3 Å². The summed E-state index contributed by atoms with van der Waals surface area (Å²) < 4.78 is 10.4. The molecule has 1 heterocycles. The Bertz CT molecular complexity index is 607. The highest BCUT2D eigenvalue weighted by Crippen LogP contribution is 2.28. The van der Waals surface area contributed by atoms with Crippen molar-refractivity contribution in [3.63, 3.8) is 0 Å². The van der Waals surface area contributed by atoms with E-state index in [9.17, 15) is 4.79 Å². The summed E-state index contributed by atoms with van der Waals surface area (Å²) in [5.41, 5.74) is 7.24. The van der Waals surface area contributed by atoms with Crippen molar-refractivity contribution in [1.82, 2.24) is 0 Å². The van der Waals surface area contributed by atoms with Gasteiger partial charge in [0.05, 0.1) is 14.2 Å². The van der Waals surface area contributed by atoms with E-state index in [1.54, 1.807) is 20.3 Å². The smallest absolute Gasteiger partial charge is 0.168 e. The molecule has 0 saturated carbocycles. The minimum absolute atomic E-state index is 0.0684. The van der Waals surface area contributed by atoms with Crippen molar-refractivity contribution in [1.29, 1.82) is 0 Å². The lowest BCUT2D eigenvalue weighted by atomic mass is 10.0. The minimum atomic E-state index is 0.0684. The Kier molecular flexibility index (Phi) is 4.76. The molecule has 0 unspecified atom stereocenters. The lowest BCUT2D eigenvalue weighted by molar-refractivity contribution is 0.0992. The molecule has 1 aromatic heterocycles. The highest BCUT2D eigenvalue weighted by atomic mass is 32.1. The summed E-state index contributed by atoms with van der Waals surface area (Å²) in [6, 6.07) is 7.33. The molecule has 0 saturated heterocycles. The first-order chi connectivity index (χ1) is 9.69. The van der Waals surface area contributed by atoms with Crippen molar-refractivity contribution in [3.8, 4) is 11.5 Å². The number of carbonyl (C=O) groups excluding carboxylic acids is 1. The Morgan fingerprint density at radius 2 is 1.95 bits per heavy atom. The first-order valence-electron chi connectivity index (χ1n) is 6.20. The molecule has 4 nitrogen and oxygen atoms in total. The van der Waals surface area contributed by atoms with Gasteiger partial charge in [-0.3, -0.25) is 4.79 Å². The Morgan fingerprint density at radius 3 is 2.60 bits per heavy atom. The van der Waals surface area contributed by atoms with Crippen LogP contribution in [0.5, 0.6) is 11.5 Å². The Labute approximate surface area is 122 Å². The first kappa shape index (κ1) is 14.6. The molecular weight excluding hydrogens is 274 g/mol. The van der Waals surface area contributed by atoms with Gasteiger partial charge in [0.2, 0.25) is 0 Å². The summed E-state index contributed by atoms with van der Waals surface area (Å²) in [4.78, 5) is 13.2. The molecule has 0 radical (unpaired) electrons. The average molecular weight is 291 g/mol. The predicted octanol–water partition coefficient (Wildman–Crippen LogP) is 2.65. The zero-order chi connectivity index (χ0) is 14.5. The molecular formula is C15H17NO3S. The van der Waals surface area contributed by atoms with Crippen LogP contribution in [0.2, 0.25) is 0 Å². The third kappa shape index (κ3) is 3.00. The fourth-order valence-corrected chi connectivity index (χ4v) is 2.79. The van der Waals surface area contributed by atoms with Gasteiger partial charge in [-0.25, -0.2) is 0 Å². The van der Waals surface area contributed by atoms with E-state index in [1.165, 1.54) is 11.3 Å². The number of carbonyl (C=O) groups is 1. The Hall–Kier alpha value is -1.85. The fourth-order valence-electron chi connectivity index (χ4n) is 2.02. The second-order valence-electron chi connectivity index (χ2n) is 4.25. The van der Waals surface area contributed by atoms with E-state index in [1.807, 2.05) is 23.6 Å². The number of benzene rings is 1. The molecule has 1 aromatic carbocycles. The summed E-state index contributed by atoms with van der Waals surface area (Å²) in [5, 5.41) is 1.89. The van der Waals surface area contributed by atoms with E-state index in [2.05, 4.69) is 0 Å². The molecule has 2 rings (SSSR count). The van der Waals surface area contributed by atoms with Gasteiger partial charge in [0, 0.05) is 23.4 Å². The number of nitrogens with two attached hydrogens (primary N) is 1. The molecule has 2 aromatic rings. The molecule has 0 bridgehead atoms. The molecule has 0 fully saturated rings.